The Morgan fingerprint density at radius 1 is 1.21 bits per heavy atom. The first-order valence-corrected chi connectivity index (χ1v) is 6.95. The second-order valence-electron chi connectivity index (χ2n) is 5.18. The molecule has 19 heavy (non-hydrogen) atoms. The van der Waals surface area contributed by atoms with Gasteiger partial charge in [0, 0.05) is 18.8 Å². The summed E-state index contributed by atoms with van der Waals surface area (Å²) in [7, 11) is 0. The van der Waals surface area contributed by atoms with Crippen LogP contribution in [0.3, 0.4) is 0 Å². The number of aliphatic hydroxyl groups is 1. The van der Waals surface area contributed by atoms with Crippen molar-refractivity contribution in [2.45, 2.75) is 25.4 Å². The van der Waals surface area contributed by atoms with Crippen LogP contribution in [-0.4, -0.2) is 16.2 Å². The summed E-state index contributed by atoms with van der Waals surface area (Å²) in [6, 6.07) is 10.3. The first kappa shape index (κ1) is 12.6. The molecule has 3 rings (SSSR count). The number of hydrogen-bond acceptors (Lipinski definition) is 2. The Bertz CT molecular complexity index is 559. The van der Waals surface area contributed by atoms with Crippen molar-refractivity contribution in [2.24, 2.45) is 5.92 Å². The van der Waals surface area contributed by atoms with Gasteiger partial charge in [0.15, 0.2) is 0 Å². The second-order valence-corrected chi connectivity index (χ2v) is 5.58. The predicted octanol–water partition coefficient (Wildman–Crippen LogP) is 3.05. The van der Waals surface area contributed by atoms with E-state index in [1.54, 1.807) is 12.4 Å². The molecule has 0 aliphatic heterocycles. The Balaban J connectivity index is 1.70. The van der Waals surface area contributed by atoms with Gasteiger partial charge < -0.3 is 5.11 Å². The highest BCUT2D eigenvalue weighted by molar-refractivity contribution is 6.31. The minimum Gasteiger partial charge on any atom is -0.392 e. The molecule has 1 aliphatic rings. The van der Waals surface area contributed by atoms with Gasteiger partial charge in [0.25, 0.3) is 0 Å². The average molecular weight is 274 g/mol. The molecule has 1 atom stereocenters. The summed E-state index contributed by atoms with van der Waals surface area (Å²) in [5.74, 6) is 0.293. The van der Waals surface area contributed by atoms with E-state index in [-0.39, 0.29) is 6.10 Å². The molecule has 0 radical (unpaired) electrons. The lowest BCUT2D eigenvalue weighted by molar-refractivity contribution is 0.113. The molecule has 2 nitrogen and oxygen atoms in total. The fourth-order valence-corrected chi connectivity index (χ4v) is 3.02. The van der Waals surface area contributed by atoms with Crippen LogP contribution in [0.2, 0.25) is 5.02 Å². The Hall–Kier alpha value is -1.38. The molecular formula is C16H16ClNO. The molecule has 1 heterocycles. The highest BCUT2D eigenvalue weighted by Crippen LogP contribution is 2.30. The smallest absolute Gasteiger partial charge is 0.0622 e. The molecule has 0 bridgehead atoms. The van der Waals surface area contributed by atoms with E-state index in [2.05, 4.69) is 29.2 Å². The lowest BCUT2D eigenvalue weighted by atomic mass is 9.94. The number of pyridine rings is 1. The first-order valence-electron chi connectivity index (χ1n) is 6.57. The predicted molar refractivity (Wildman–Crippen MR) is 76.3 cm³/mol. The van der Waals surface area contributed by atoms with Crippen molar-refractivity contribution in [2.75, 3.05) is 0 Å². The molecule has 1 aromatic heterocycles. The monoisotopic (exact) mass is 273 g/mol. The third kappa shape index (κ3) is 2.65. The van der Waals surface area contributed by atoms with E-state index in [1.165, 1.54) is 11.1 Å². The van der Waals surface area contributed by atoms with Crippen molar-refractivity contribution in [1.82, 2.24) is 4.98 Å². The molecular weight excluding hydrogens is 258 g/mol. The zero-order valence-electron chi connectivity index (χ0n) is 10.6. The lowest BCUT2D eigenvalue weighted by Gasteiger charge is -2.18. The molecule has 0 saturated heterocycles. The standard InChI is InChI=1S/C16H16ClNO/c17-15-10-18-6-5-13(15)9-16(19)14-7-11-3-1-2-4-12(11)8-14/h1-6,10,14,16,19H,7-9H2. The van der Waals surface area contributed by atoms with E-state index in [0.717, 1.165) is 18.4 Å². The quantitative estimate of drug-likeness (QED) is 0.932. The van der Waals surface area contributed by atoms with Gasteiger partial charge in [-0.25, -0.2) is 0 Å². The zero-order valence-corrected chi connectivity index (χ0v) is 11.3. The van der Waals surface area contributed by atoms with Crippen LogP contribution in [0.15, 0.2) is 42.7 Å². The van der Waals surface area contributed by atoms with Crippen LogP contribution in [0.4, 0.5) is 0 Å². The van der Waals surface area contributed by atoms with Crippen molar-refractivity contribution < 1.29 is 5.11 Å². The molecule has 1 N–H and O–H groups in total. The summed E-state index contributed by atoms with van der Waals surface area (Å²) in [4.78, 5) is 3.97. The van der Waals surface area contributed by atoms with Gasteiger partial charge in [-0.1, -0.05) is 35.9 Å². The first-order chi connectivity index (χ1) is 9.24. The molecule has 98 valence electrons. The minimum absolute atomic E-state index is 0.293. The van der Waals surface area contributed by atoms with Crippen LogP contribution in [0.25, 0.3) is 0 Å². The largest absolute Gasteiger partial charge is 0.392 e. The second kappa shape index (κ2) is 5.32. The number of aromatic nitrogens is 1. The third-order valence-electron chi connectivity index (χ3n) is 3.91. The molecule has 0 amide bonds. The Kier molecular flexibility index (Phi) is 3.54. The van der Waals surface area contributed by atoms with E-state index < -0.39 is 0 Å². The summed E-state index contributed by atoms with van der Waals surface area (Å²) in [5.41, 5.74) is 3.71. The van der Waals surface area contributed by atoms with Gasteiger partial charge in [0.2, 0.25) is 0 Å². The summed E-state index contributed by atoms with van der Waals surface area (Å²) >= 11 is 6.09. The molecule has 0 spiro atoms. The number of benzene rings is 1. The fourth-order valence-electron chi connectivity index (χ4n) is 2.83. The number of aliphatic hydroxyl groups excluding tert-OH is 1. The summed E-state index contributed by atoms with van der Waals surface area (Å²) in [6.07, 6.45) is 5.51. The van der Waals surface area contributed by atoms with Gasteiger partial charge in [-0.3, -0.25) is 4.98 Å². The number of rotatable bonds is 3. The van der Waals surface area contributed by atoms with Crippen molar-refractivity contribution >= 4 is 11.6 Å². The van der Waals surface area contributed by atoms with Crippen molar-refractivity contribution in [3.63, 3.8) is 0 Å². The molecule has 0 fully saturated rings. The van der Waals surface area contributed by atoms with Crippen LogP contribution in [0.1, 0.15) is 16.7 Å². The van der Waals surface area contributed by atoms with Crippen LogP contribution in [0, 0.1) is 5.92 Å². The highest BCUT2D eigenvalue weighted by Gasteiger charge is 2.27. The van der Waals surface area contributed by atoms with E-state index >= 15 is 0 Å². The number of hydrogen-bond donors (Lipinski definition) is 1. The van der Waals surface area contributed by atoms with Gasteiger partial charge in [-0.05, 0) is 41.5 Å². The van der Waals surface area contributed by atoms with E-state index in [1.807, 2.05) is 6.07 Å². The SMILES string of the molecule is OC(Cc1ccncc1Cl)C1Cc2ccccc2C1. The third-order valence-corrected chi connectivity index (χ3v) is 4.25. The number of fused-ring (bicyclic) bond motifs is 1. The van der Waals surface area contributed by atoms with E-state index in [4.69, 9.17) is 11.6 Å². The topological polar surface area (TPSA) is 33.1 Å². The van der Waals surface area contributed by atoms with Gasteiger partial charge in [0.1, 0.15) is 0 Å². The molecule has 1 unspecified atom stereocenters. The van der Waals surface area contributed by atoms with Gasteiger partial charge in [-0.2, -0.15) is 0 Å². The highest BCUT2D eigenvalue weighted by atomic mass is 35.5. The molecule has 0 saturated carbocycles. The fraction of sp³-hybridized carbons (Fsp3) is 0.312. The lowest BCUT2D eigenvalue weighted by Crippen LogP contribution is -2.23. The van der Waals surface area contributed by atoms with Crippen LogP contribution >= 0.6 is 11.6 Å². The number of nitrogens with zero attached hydrogens (tertiary/aromatic N) is 1. The molecule has 2 aromatic rings. The Morgan fingerprint density at radius 2 is 1.89 bits per heavy atom. The normalized spacial score (nSPS) is 16.3. The summed E-state index contributed by atoms with van der Waals surface area (Å²) in [6.45, 7) is 0. The van der Waals surface area contributed by atoms with Gasteiger partial charge in [0.05, 0.1) is 11.1 Å². The molecule has 1 aliphatic carbocycles. The van der Waals surface area contributed by atoms with E-state index in [0.29, 0.717) is 17.4 Å². The summed E-state index contributed by atoms with van der Waals surface area (Å²) in [5, 5.41) is 11.1. The van der Waals surface area contributed by atoms with Gasteiger partial charge in [-0.15, -0.1) is 0 Å². The van der Waals surface area contributed by atoms with Crippen molar-refractivity contribution in [3.8, 4) is 0 Å². The van der Waals surface area contributed by atoms with Crippen molar-refractivity contribution in [3.05, 3.63) is 64.4 Å². The summed E-state index contributed by atoms with van der Waals surface area (Å²) < 4.78 is 0. The van der Waals surface area contributed by atoms with Crippen LogP contribution in [-0.2, 0) is 19.3 Å². The maximum atomic E-state index is 10.4. The van der Waals surface area contributed by atoms with E-state index in [9.17, 15) is 5.11 Å². The Morgan fingerprint density at radius 3 is 2.53 bits per heavy atom. The van der Waals surface area contributed by atoms with Crippen molar-refractivity contribution in [1.29, 1.82) is 0 Å². The Labute approximate surface area is 118 Å². The van der Waals surface area contributed by atoms with Crippen LogP contribution < -0.4 is 0 Å². The minimum atomic E-state index is -0.354. The molecule has 1 aromatic carbocycles. The maximum Gasteiger partial charge on any atom is 0.0622 e. The zero-order chi connectivity index (χ0) is 13.2. The van der Waals surface area contributed by atoms with Gasteiger partial charge >= 0.3 is 0 Å². The number of halogens is 1. The average Bonchev–Trinajstić information content (AvgIpc) is 2.85. The molecule has 3 heteroatoms. The maximum absolute atomic E-state index is 10.4. The van der Waals surface area contributed by atoms with Crippen LogP contribution in [0.5, 0.6) is 0 Å².